The Morgan fingerprint density at radius 1 is 1.00 bits per heavy atom. The lowest BCUT2D eigenvalue weighted by atomic mass is 10.1. The molecule has 0 amide bonds. The van der Waals surface area contributed by atoms with Crippen molar-refractivity contribution in [2.45, 2.75) is 89.4 Å². The van der Waals surface area contributed by atoms with E-state index in [1.807, 2.05) is 0 Å². The van der Waals surface area contributed by atoms with Gasteiger partial charge in [0.1, 0.15) is 10.3 Å². The summed E-state index contributed by atoms with van der Waals surface area (Å²) in [7, 11) is 0. The van der Waals surface area contributed by atoms with Gasteiger partial charge in [-0.3, -0.25) is 4.79 Å². The van der Waals surface area contributed by atoms with Gasteiger partial charge in [0.25, 0.3) is 0 Å². The van der Waals surface area contributed by atoms with Crippen LogP contribution in [0.25, 0.3) is 0 Å². The first kappa shape index (κ1) is 18.8. The first-order valence-electron chi connectivity index (χ1n) is 8.56. The van der Waals surface area contributed by atoms with Crippen molar-refractivity contribution in [2.75, 3.05) is 5.75 Å². The summed E-state index contributed by atoms with van der Waals surface area (Å²) in [5.74, 6) is -0.00357. The minimum absolute atomic E-state index is 0.387. The fourth-order valence-corrected chi connectivity index (χ4v) is 4.20. The van der Waals surface area contributed by atoms with E-state index in [9.17, 15) is 9.90 Å². The van der Waals surface area contributed by atoms with Crippen molar-refractivity contribution in [1.82, 2.24) is 0 Å². The first-order chi connectivity index (χ1) is 9.96. The topological polar surface area (TPSA) is 57.5 Å². The van der Waals surface area contributed by atoms with Crippen molar-refractivity contribution in [3.63, 3.8) is 0 Å². The minimum Gasteiger partial charge on any atom is -0.481 e. The van der Waals surface area contributed by atoms with Gasteiger partial charge in [0.15, 0.2) is 0 Å². The molecule has 21 heavy (non-hydrogen) atoms. The molecule has 0 bridgehead atoms. The van der Waals surface area contributed by atoms with E-state index in [-0.39, 0.29) is 0 Å². The molecule has 1 saturated carbocycles. The Bertz CT molecular complexity index is 321. The summed E-state index contributed by atoms with van der Waals surface area (Å²) in [6, 6.07) is 0. The summed E-state index contributed by atoms with van der Waals surface area (Å²) < 4.78 is 0. The quantitative estimate of drug-likeness (QED) is 0.378. The largest absolute Gasteiger partial charge is 0.481 e. The number of rotatable bonds is 13. The number of aliphatic carboxylic acids is 1. The zero-order valence-corrected chi connectivity index (χ0v) is 14.5. The molecular formula is C17H32O3S. The lowest BCUT2D eigenvalue weighted by Crippen LogP contribution is -2.22. The van der Waals surface area contributed by atoms with Crippen molar-refractivity contribution < 1.29 is 15.0 Å². The van der Waals surface area contributed by atoms with Crippen LogP contribution < -0.4 is 0 Å². The second-order valence-electron chi connectivity index (χ2n) is 6.63. The summed E-state index contributed by atoms with van der Waals surface area (Å²) in [5.41, 5.74) is -0.920. The second-order valence-corrected chi connectivity index (χ2v) is 8.00. The summed E-state index contributed by atoms with van der Waals surface area (Å²) in [6.45, 7) is 3.88. The number of carboxylic acids is 1. The van der Waals surface area contributed by atoms with Crippen molar-refractivity contribution in [2.24, 2.45) is 5.41 Å². The molecule has 2 atom stereocenters. The second kappa shape index (κ2) is 9.04. The minimum atomic E-state index is -1.02. The predicted octanol–water partition coefficient (Wildman–Crippen LogP) is 4.82. The van der Waals surface area contributed by atoms with E-state index in [1.54, 1.807) is 6.92 Å². The third-order valence-corrected chi connectivity index (χ3v) is 6.21. The molecule has 0 aromatic heterocycles. The van der Waals surface area contributed by atoms with Crippen molar-refractivity contribution in [3.8, 4) is 0 Å². The van der Waals surface area contributed by atoms with E-state index in [0.717, 1.165) is 12.2 Å². The lowest BCUT2D eigenvalue weighted by molar-refractivity contribution is -0.144. The number of carbonyl (C=O) groups is 1. The van der Waals surface area contributed by atoms with E-state index in [2.05, 4.69) is 6.92 Å². The summed E-state index contributed by atoms with van der Waals surface area (Å²) in [6.07, 6.45) is 13.4. The highest BCUT2D eigenvalue weighted by Gasteiger charge is 2.69. The number of thioether (sulfide) groups is 1. The Labute approximate surface area is 133 Å². The molecule has 0 aromatic carbocycles. The Balaban J connectivity index is 1.89. The first-order valence-corrected chi connectivity index (χ1v) is 9.54. The smallest absolute Gasteiger partial charge is 0.313 e. The van der Waals surface area contributed by atoms with Crippen LogP contribution in [0.4, 0.5) is 0 Å². The molecule has 4 heteroatoms. The maximum Gasteiger partial charge on any atom is 0.313 e. The van der Waals surface area contributed by atoms with Crippen LogP contribution in [-0.2, 0) is 4.79 Å². The van der Waals surface area contributed by atoms with Gasteiger partial charge in [-0.1, -0.05) is 64.7 Å². The van der Waals surface area contributed by atoms with Crippen LogP contribution >= 0.6 is 11.8 Å². The molecule has 124 valence electrons. The highest BCUT2D eigenvalue weighted by Crippen LogP contribution is 2.62. The molecule has 0 aliphatic heterocycles. The van der Waals surface area contributed by atoms with Crippen LogP contribution in [0.1, 0.15) is 84.5 Å². The van der Waals surface area contributed by atoms with Gasteiger partial charge < -0.3 is 10.2 Å². The molecule has 2 N–H and O–H groups in total. The zero-order chi connectivity index (χ0) is 15.8. The van der Waals surface area contributed by atoms with E-state index >= 15 is 0 Å². The average Bonchev–Trinajstić information content (AvgIpc) is 3.00. The van der Waals surface area contributed by atoms with Gasteiger partial charge in [0.2, 0.25) is 0 Å². The average molecular weight is 317 g/mol. The highest BCUT2D eigenvalue weighted by molar-refractivity contribution is 8.00. The van der Waals surface area contributed by atoms with Crippen LogP contribution in [0.2, 0.25) is 0 Å². The molecule has 0 spiro atoms. The summed E-state index contributed by atoms with van der Waals surface area (Å²) >= 11 is 1.43. The molecule has 1 fully saturated rings. The van der Waals surface area contributed by atoms with E-state index < -0.39 is 16.3 Å². The molecule has 2 unspecified atom stereocenters. The summed E-state index contributed by atoms with van der Waals surface area (Å²) in [4.78, 5) is 10.0. The van der Waals surface area contributed by atoms with E-state index in [4.69, 9.17) is 5.11 Å². The fraction of sp³-hybridized carbons (Fsp3) is 0.941. The number of hydrogen-bond donors (Lipinski definition) is 2. The SMILES string of the molecule is CCCCCCCCCCCCSC1(O)CC1(C)C(=O)O. The van der Waals surface area contributed by atoms with Gasteiger partial charge >= 0.3 is 5.97 Å². The van der Waals surface area contributed by atoms with E-state index in [0.29, 0.717) is 6.42 Å². The van der Waals surface area contributed by atoms with Crippen molar-refractivity contribution >= 4 is 17.7 Å². The molecule has 0 saturated heterocycles. The Kier molecular flexibility index (Phi) is 8.10. The van der Waals surface area contributed by atoms with E-state index in [1.165, 1.54) is 69.5 Å². The van der Waals surface area contributed by atoms with Crippen LogP contribution in [-0.4, -0.2) is 26.9 Å². The maximum absolute atomic E-state index is 11.0. The van der Waals surface area contributed by atoms with Crippen LogP contribution in [0.5, 0.6) is 0 Å². The fourth-order valence-electron chi connectivity index (χ4n) is 2.72. The monoisotopic (exact) mass is 316 g/mol. The molecule has 1 aliphatic rings. The molecule has 1 rings (SSSR count). The van der Waals surface area contributed by atoms with Gasteiger partial charge in [-0.2, -0.15) is 0 Å². The van der Waals surface area contributed by atoms with Crippen LogP contribution in [0, 0.1) is 5.41 Å². The molecule has 0 heterocycles. The van der Waals surface area contributed by atoms with Gasteiger partial charge in [-0.05, 0) is 19.1 Å². The molecule has 0 radical (unpaired) electrons. The van der Waals surface area contributed by atoms with Crippen molar-refractivity contribution in [3.05, 3.63) is 0 Å². The van der Waals surface area contributed by atoms with Gasteiger partial charge in [-0.25, -0.2) is 0 Å². The maximum atomic E-state index is 11.0. The Morgan fingerprint density at radius 2 is 1.48 bits per heavy atom. The third kappa shape index (κ3) is 5.82. The Morgan fingerprint density at radius 3 is 1.90 bits per heavy atom. The Hall–Kier alpha value is -0.220. The molecular weight excluding hydrogens is 284 g/mol. The van der Waals surface area contributed by atoms with Crippen molar-refractivity contribution in [1.29, 1.82) is 0 Å². The number of unbranched alkanes of at least 4 members (excludes halogenated alkanes) is 9. The van der Waals surface area contributed by atoms with Crippen LogP contribution in [0.15, 0.2) is 0 Å². The van der Waals surface area contributed by atoms with Gasteiger partial charge in [-0.15, -0.1) is 11.8 Å². The van der Waals surface area contributed by atoms with Gasteiger partial charge in [0.05, 0.1) is 0 Å². The van der Waals surface area contributed by atoms with Gasteiger partial charge in [0, 0.05) is 6.42 Å². The normalized spacial score (nSPS) is 27.8. The van der Waals surface area contributed by atoms with Crippen LogP contribution in [0.3, 0.4) is 0 Å². The number of hydrogen-bond acceptors (Lipinski definition) is 3. The molecule has 0 aromatic rings. The zero-order valence-electron chi connectivity index (χ0n) is 13.7. The number of aliphatic hydroxyl groups is 1. The summed E-state index contributed by atoms with van der Waals surface area (Å²) in [5, 5.41) is 19.2. The number of carboxylic acid groups (broad SMARTS) is 1. The third-order valence-electron chi connectivity index (χ3n) is 4.64. The highest BCUT2D eigenvalue weighted by atomic mass is 32.2. The predicted molar refractivity (Wildman–Crippen MR) is 89.6 cm³/mol. The lowest BCUT2D eigenvalue weighted by Gasteiger charge is -2.13. The standard InChI is InChI=1S/C17H32O3S/c1-3-4-5-6-7-8-9-10-11-12-13-21-17(20)14-16(17,2)15(18)19/h20H,3-14H2,1-2H3,(H,18,19). The molecule has 1 aliphatic carbocycles. The molecule has 3 nitrogen and oxygen atoms in total.